The van der Waals surface area contributed by atoms with Gasteiger partial charge in [0.25, 0.3) is 5.56 Å². The number of para-hydroxylation sites is 1. The van der Waals surface area contributed by atoms with Crippen molar-refractivity contribution in [3.63, 3.8) is 0 Å². The van der Waals surface area contributed by atoms with Crippen LogP contribution in [0.5, 0.6) is 0 Å². The summed E-state index contributed by atoms with van der Waals surface area (Å²) in [6.07, 6.45) is 0. The number of thiophene rings is 1. The Bertz CT molecular complexity index is 1000. The fourth-order valence-corrected chi connectivity index (χ4v) is 3.79. The van der Waals surface area contributed by atoms with Gasteiger partial charge in [-0.1, -0.05) is 32.0 Å². The fraction of sp³-hybridized carbons (Fsp3) is 0.316. The standard InChI is InChI=1S/C19H21N3O2S/c1-11(2)14-7-5-6-8-16(14)21-17(23)10-22-13(4)20-18-15(19(22)24)9-12(3)25-18/h5-9,11H,10H2,1-4H3,(H,21,23). The van der Waals surface area contributed by atoms with Crippen LogP contribution in [0.2, 0.25) is 0 Å². The molecule has 0 saturated carbocycles. The molecule has 3 aromatic rings. The van der Waals surface area contributed by atoms with Gasteiger partial charge in [0.1, 0.15) is 17.2 Å². The molecule has 0 aliphatic heterocycles. The van der Waals surface area contributed by atoms with Gasteiger partial charge in [0.15, 0.2) is 0 Å². The van der Waals surface area contributed by atoms with Crippen LogP contribution in [0.15, 0.2) is 35.1 Å². The number of amides is 1. The Kier molecular flexibility index (Phi) is 4.72. The third kappa shape index (κ3) is 3.49. The number of rotatable bonds is 4. The summed E-state index contributed by atoms with van der Waals surface area (Å²) >= 11 is 1.49. The number of fused-ring (bicyclic) bond motifs is 1. The average Bonchev–Trinajstić information content (AvgIpc) is 2.92. The highest BCUT2D eigenvalue weighted by Crippen LogP contribution is 2.24. The Labute approximate surface area is 150 Å². The molecule has 0 radical (unpaired) electrons. The summed E-state index contributed by atoms with van der Waals surface area (Å²) in [4.78, 5) is 31.4. The molecule has 2 heterocycles. The molecule has 5 nitrogen and oxygen atoms in total. The van der Waals surface area contributed by atoms with E-state index in [9.17, 15) is 9.59 Å². The van der Waals surface area contributed by atoms with Gasteiger partial charge in [0.2, 0.25) is 5.91 Å². The topological polar surface area (TPSA) is 64.0 Å². The number of benzene rings is 1. The van der Waals surface area contributed by atoms with E-state index in [1.807, 2.05) is 37.3 Å². The van der Waals surface area contributed by atoms with Gasteiger partial charge < -0.3 is 5.32 Å². The molecule has 0 bridgehead atoms. The first-order valence-electron chi connectivity index (χ1n) is 8.23. The Balaban J connectivity index is 1.89. The molecule has 0 aliphatic carbocycles. The molecule has 1 aromatic carbocycles. The third-order valence-corrected chi connectivity index (χ3v) is 5.07. The minimum atomic E-state index is -0.230. The van der Waals surface area contributed by atoms with Gasteiger partial charge in [-0.3, -0.25) is 14.2 Å². The van der Waals surface area contributed by atoms with E-state index >= 15 is 0 Å². The van der Waals surface area contributed by atoms with Crippen molar-refractivity contribution < 1.29 is 4.79 Å². The second-order valence-electron chi connectivity index (χ2n) is 6.42. The number of carbonyl (C=O) groups is 1. The van der Waals surface area contributed by atoms with E-state index in [1.54, 1.807) is 6.92 Å². The summed E-state index contributed by atoms with van der Waals surface area (Å²) in [5.41, 5.74) is 1.69. The molecule has 0 atom stereocenters. The van der Waals surface area contributed by atoms with Crippen molar-refractivity contribution in [3.05, 3.63) is 57.0 Å². The predicted molar refractivity (Wildman–Crippen MR) is 103 cm³/mol. The Morgan fingerprint density at radius 2 is 2.00 bits per heavy atom. The van der Waals surface area contributed by atoms with E-state index in [0.717, 1.165) is 21.0 Å². The molecule has 25 heavy (non-hydrogen) atoms. The van der Waals surface area contributed by atoms with E-state index in [1.165, 1.54) is 15.9 Å². The highest BCUT2D eigenvalue weighted by Gasteiger charge is 2.15. The fourth-order valence-electron chi connectivity index (χ4n) is 2.87. The number of aryl methyl sites for hydroxylation is 2. The molecule has 1 N–H and O–H groups in total. The first-order chi connectivity index (χ1) is 11.9. The molecule has 6 heteroatoms. The zero-order valence-electron chi connectivity index (χ0n) is 14.8. The van der Waals surface area contributed by atoms with Gasteiger partial charge in [0, 0.05) is 10.6 Å². The Morgan fingerprint density at radius 3 is 2.72 bits per heavy atom. The van der Waals surface area contributed by atoms with Gasteiger partial charge in [-0.05, 0) is 37.5 Å². The molecule has 2 aromatic heterocycles. The number of nitrogens with zero attached hydrogens (tertiary/aromatic N) is 2. The van der Waals surface area contributed by atoms with Crippen LogP contribution in [-0.4, -0.2) is 15.5 Å². The molecule has 0 spiro atoms. The molecular weight excluding hydrogens is 334 g/mol. The second-order valence-corrected chi connectivity index (χ2v) is 7.65. The summed E-state index contributed by atoms with van der Waals surface area (Å²) in [5.74, 6) is 0.616. The zero-order valence-corrected chi connectivity index (χ0v) is 15.6. The normalized spacial score (nSPS) is 11.2. The van der Waals surface area contributed by atoms with Crippen LogP contribution in [-0.2, 0) is 11.3 Å². The zero-order chi connectivity index (χ0) is 18.1. The molecule has 0 aliphatic rings. The first-order valence-corrected chi connectivity index (χ1v) is 9.05. The summed E-state index contributed by atoms with van der Waals surface area (Å²) in [7, 11) is 0. The Hall–Kier alpha value is -2.47. The lowest BCUT2D eigenvalue weighted by molar-refractivity contribution is -0.116. The number of aromatic nitrogens is 2. The van der Waals surface area contributed by atoms with Crippen molar-refractivity contribution in [2.45, 2.75) is 40.2 Å². The summed E-state index contributed by atoms with van der Waals surface area (Å²) < 4.78 is 1.43. The molecule has 0 unspecified atom stereocenters. The van der Waals surface area contributed by atoms with E-state index in [4.69, 9.17) is 0 Å². The monoisotopic (exact) mass is 355 g/mol. The van der Waals surface area contributed by atoms with E-state index < -0.39 is 0 Å². The summed E-state index contributed by atoms with van der Waals surface area (Å²) in [5, 5.41) is 3.50. The van der Waals surface area contributed by atoms with Crippen molar-refractivity contribution in [1.82, 2.24) is 9.55 Å². The number of hydrogen-bond donors (Lipinski definition) is 1. The first kappa shape index (κ1) is 17.4. The highest BCUT2D eigenvalue weighted by molar-refractivity contribution is 7.18. The average molecular weight is 355 g/mol. The summed E-state index contributed by atoms with van der Waals surface area (Å²) in [6, 6.07) is 9.56. The van der Waals surface area contributed by atoms with E-state index in [-0.39, 0.29) is 18.0 Å². The minimum Gasteiger partial charge on any atom is -0.324 e. The lowest BCUT2D eigenvalue weighted by Crippen LogP contribution is -2.30. The van der Waals surface area contributed by atoms with Gasteiger partial charge in [-0.2, -0.15) is 0 Å². The van der Waals surface area contributed by atoms with Crippen LogP contribution in [0.25, 0.3) is 10.2 Å². The van der Waals surface area contributed by atoms with Gasteiger partial charge in [-0.15, -0.1) is 11.3 Å². The maximum atomic E-state index is 12.7. The number of nitrogens with one attached hydrogen (secondary N) is 1. The van der Waals surface area contributed by atoms with Crippen molar-refractivity contribution in [2.75, 3.05) is 5.32 Å². The van der Waals surface area contributed by atoms with Gasteiger partial charge in [-0.25, -0.2) is 4.98 Å². The predicted octanol–water partition coefficient (Wildman–Crippen LogP) is 3.84. The van der Waals surface area contributed by atoms with Crippen molar-refractivity contribution in [1.29, 1.82) is 0 Å². The molecule has 1 amide bonds. The van der Waals surface area contributed by atoms with Gasteiger partial charge >= 0.3 is 0 Å². The van der Waals surface area contributed by atoms with Crippen LogP contribution >= 0.6 is 11.3 Å². The third-order valence-electron chi connectivity index (χ3n) is 4.12. The van der Waals surface area contributed by atoms with Crippen molar-refractivity contribution >= 4 is 33.1 Å². The van der Waals surface area contributed by atoms with Crippen LogP contribution in [0, 0.1) is 13.8 Å². The largest absolute Gasteiger partial charge is 0.324 e. The smallest absolute Gasteiger partial charge is 0.262 e. The summed E-state index contributed by atoms with van der Waals surface area (Å²) in [6.45, 7) is 7.81. The maximum absolute atomic E-state index is 12.7. The Morgan fingerprint density at radius 1 is 1.28 bits per heavy atom. The lowest BCUT2D eigenvalue weighted by Gasteiger charge is -2.14. The van der Waals surface area contributed by atoms with Crippen LogP contribution in [0.3, 0.4) is 0 Å². The van der Waals surface area contributed by atoms with Crippen molar-refractivity contribution in [2.24, 2.45) is 0 Å². The van der Waals surface area contributed by atoms with E-state index in [0.29, 0.717) is 17.1 Å². The van der Waals surface area contributed by atoms with E-state index in [2.05, 4.69) is 24.1 Å². The SMILES string of the molecule is Cc1cc2c(=O)n(CC(=O)Nc3ccccc3C(C)C)c(C)nc2s1. The number of carbonyl (C=O) groups excluding carboxylic acids is 1. The maximum Gasteiger partial charge on any atom is 0.262 e. The molecule has 130 valence electrons. The molecule has 0 fully saturated rings. The lowest BCUT2D eigenvalue weighted by atomic mass is 10.0. The second kappa shape index (κ2) is 6.80. The van der Waals surface area contributed by atoms with Gasteiger partial charge in [0.05, 0.1) is 5.39 Å². The minimum absolute atomic E-state index is 0.0467. The quantitative estimate of drug-likeness (QED) is 0.773. The van der Waals surface area contributed by atoms with Crippen molar-refractivity contribution in [3.8, 4) is 0 Å². The molecular formula is C19H21N3O2S. The van der Waals surface area contributed by atoms with Crippen LogP contribution < -0.4 is 10.9 Å². The molecule has 3 rings (SSSR count). The van der Waals surface area contributed by atoms with Crippen LogP contribution in [0.4, 0.5) is 5.69 Å². The number of hydrogen-bond acceptors (Lipinski definition) is 4. The molecule has 0 saturated heterocycles. The highest BCUT2D eigenvalue weighted by atomic mass is 32.1. The van der Waals surface area contributed by atoms with Crippen LogP contribution in [0.1, 0.15) is 36.0 Å². The number of anilines is 1.